The first kappa shape index (κ1) is 21.4. The molecule has 0 radical (unpaired) electrons. The second-order valence-electron chi connectivity index (χ2n) is 7.32. The topological polar surface area (TPSA) is 110 Å². The molecule has 3 N–H and O–H groups in total. The molecule has 1 aliphatic heterocycles. The standard InChI is InChI=1S/C21H20F3N5O/c22-21(23,24)15-5-8-29(9-6-15)7-4-13-2-1-3-14(10-13)18-16(11-25)19(27)28-20(30)17(18)12-26/h1-3,10,15H,4-9H2,(H3,27,28,30). The molecule has 6 nitrogen and oxygen atoms in total. The molecule has 156 valence electrons. The lowest BCUT2D eigenvalue weighted by Gasteiger charge is -2.32. The molecule has 0 aliphatic carbocycles. The molecule has 2 aromatic rings. The molecule has 1 fully saturated rings. The number of pyridine rings is 1. The zero-order valence-electron chi connectivity index (χ0n) is 16.1. The summed E-state index contributed by atoms with van der Waals surface area (Å²) < 4.78 is 38.4. The maximum atomic E-state index is 12.8. The van der Waals surface area contributed by atoms with Crippen molar-refractivity contribution in [2.24, 2.45) is 5.92 Å². The molecule has 30 heavy (non-hydrogen) atoms. The Morgan fingerprint density at radius 1 is 1.17 bits per heavy atom. The predicted octanol–water partition coefficient (Wildman–Crippen LogP) is 3.18. The molecule has 1 saturated heterocycles. The molecule has 3 rings (SSSR count). The molecular formula is C21H20F3N5O. The number of aromatic nitrogens is 1. The minimum Gasteiger partial charge on any atom is -0.384 e. The molecule has 1 aromatic carbocycles. The van der Waals surface area contributed by atoms with Crippen LogP contribution < -0.4 is 11.3 Å². The Kier molecular flexibility index (Phi) is 6.14. The van der Waals surface area contributed by atoms with Gasteiger partial charge in [0, 0.05) is 12.1 Å². The fourth-order valence-corrected chi connectivity index (χ4v) is 3.79. The third-order valence-electron chi connectivity index (χ3n) is 5.45. The van der Waals surface area contributed by atoms with Crippen molar-refractivity contribution in [3.63, 3.8) is 0 Å². The van der Waals surface area contributed by atoms with E-state index in [1.165, 1.54) is 0 Å². The van der Waals surface area contributed by atoms with Crippen LogP contribution in [0.25, 0.3) is 11.1 Å². The van der Waals surface area contributed by atoms with E-state index in [4.69, 9.17) is 5.73 Å². The zero-order valence-corrected chi connectivity index (χ0v) is 16.1. The van der Waals surface area contributed by atoms with Crippen molar-refractivity contribution in [2.45, 2.75) is 25.4 Å². The van der Waals surface area contributed by atoms with Gasteiger partial charge in [-0.3, -0.25) is 4.79 Å². The number of aromatic amines is 1. The van der Waals surface area contributed by atoms with Gasteiger partial charge in [0.1, 0.15) is 29.1 Å². The van der Waals surface area contributed by atoms with Crippen LogP contribution in [0.15, 0.2) is 29.1 Å². The fourth-order valence-electron chi connectivity index (χ4n) is 3.79. The van der Waals surface area contributed by atoms with Crippen LogP contribution in [0.4, 0.5) is 19.0 Å². The van der Waals surface area contributed by atoms with E-state index in [9.17, 15) is 28.5 Å². The van der Waals surface area contributed by atoms with Crippen LogP contribution in [0.1, 0.15) is 29.5 Å². The first-order chi connectivity index (χ1) is 14.2. The van der Waals surface area contributed by atoms with Gasteiger partial charge in [0.05, 0.1) is 5.92 Å². The first-order valence-corrected chi connectivity index (χ1v) is 9.49. The van der Waals surface area contributed by atoms with Crippen LogP contribution in [0.5, 0.6) is 0 Å². The lowest BCUT2D eigenvalue weighted by molar-refractivity contribution is -0.185. The van der Waals surface area contributed by atoms with Gasteiger partial charge in [-0.15, -0.1) is 0 Å². The first-order valence-electron chi connectivity index (χ1n) is 9.49. The number of benzene rings is 1. The smallest absolute Gasteiger partial charge is 0.384 e. The van der Waals surface area contributed by atoms with Crippen molar-refractivity contribution < 1.29 is 13.2 Å². The molecule has 1 aliphatic rings. The van der Waals surface area contributed by atoms with E-state index in [0.717, 1.165) is 5.56 Å². The summed E-state index contributed by atoms with van der Waals surface area (Å²) in [5, 5.41) is 18.8. The summed E-state index contributed by atoms with van der Waals surface area (Å²) in [6.45, 7) is 1.39. The number of nitrogen functional groups attached to an aromatic ring is 1. The van der Waals surface area contributed by atoms with Gasteiger partial charge in [-0.25, -0.2) is 0 Å². The van der Waals surface area contributed by atoms with Gasteiger partial charge >= 0.3 is 6.18 Å². The summed E-state index contributed by atoms with van der Waals surface area (Å²) in [6, 6.07) is 10.8. The van der Waals surface area contributed by atoms with Crippen LogP contribution >= 0.6 is 0 Å². The summed E-state index contributed by atoms with van der Waals surface area (Å²) in [5.41, 5.74) is 6.53. The largest absolute Gasteiger partial charge is 0.391 e. The van der Waals surface area contributed by atoms with Crippen LogP contribution in [0.3, 0.4) is 0 Å². The molecule has 9 heteroatoms. The molecule has 1 aromatic heterocycles. The van der Waals surface area contributed by atoms with Crippen molar-refractivity contribution in [1.29, 1.82) is 10.5 Å². The second kappa shape index (κ2) is 8.60. The Morgan fingerprint density at radius 2 is 1.83 bits per heavy atom. The number of anilines is 1. The van der Waals surface area contributed by atoms with Crippen molar-refractivity contribution >= 4 is 5.82 Å². The number of hydrogen-bond donors (Lipinski definition) is 2. The number of nitrogens with zero attached hydrogens (tertiary/aromatic N) is 3. The van der Waals surface area contributed by atoms with E-state index in [1.807, 2.05) is 23.1 Å². The van der Waals surface area contributed by atoms with Gasteiger partial charge in [-0.05, 0) is 43.5 Å². The Bertz CT molecular complexity index is 1070. The Balaban J connectivity index is 1.78. The lowest BCUT2D eigenvalue weighted by atomic mass is 9.94. The maximum absolute atomic E-state index is 12.8. The highest BCUT2D eigenvalue weighted by atomic mass is 19.4. The number of nitrogens with two attached hydrogens (primary N) is 1. The quantitative estimate of drug-likeness (QED) is 0.797. The van der Waals surface area contributed by atoms with Gasteiger partial charge in [0.2, 0.25) is 0 Å². The predicted molar refractivity (Wildman–Crippen MR) is 105 cm³/mol. The van der Waals surface area contributed by atoms with E-state index < -0.39 is 17.7 Å². The Morgan fingerprint density at radius 3 is 2.43 bits per heavy atom. The number of piperidine rings is 1. The fraction of sp³-hybridized carbons (Fsp3) is 0.381. The summed E-state index contributed by atoms with van der Waals surface area (Å²) >= 11 is 0. The number of rotatable bonds is 4. The summed E-state index contributed by atoms with van der Waals surface area (Å²) in [6.07, 6.45) is -3.33. The van der Waals surface area contributed by atoms with Gasteiger partial charge in [0.15, 0.2) is 0 Å². The normalized spacial score (nSPS) is 15.5. The number of halogens is 3. The highest BCUT2D eigenvalue weighted by molar-refractivity contribution is 5.80. The van der Waals surface area contributed by atoms with Crippen molar-refractivity contribution in [3.05, 3.63) is 51.3 Å². The van der Waals surface area contributed by atoms with Crippen LogP contribution in [0, 0.1) is 28.6 Å². The molecule has 0 unspecified atom stereocenters. The zero-order chi connectivity index (χ0) is 21.9. The molecular weight excluding hydrogens is 395 g/mol. The SMILES string of the molecule is N#Cc1c(N)[nH]c(=O)c(C#N)c1-c1cccc(CCN2CCC(C(F)(F)F)CC2)c1. The van der Waals surface area contributed by atoms with Gasteiger partial charge in [-0.1, -0.05) is 24.3 Å². The number of nitrogens with one attached hydrogen (secondary N) is 1. The summed E-state index contributed by atoms with van der Waals surface area (Å²) in [5.74, 6) is -1.33. The molecule has 0 spiro atoms. The molecule has 0 saturated carbocycles. The van der Waals surface area contributed by atoms with Crippen molar-refractivity contribution in [3.8, 4) is 23.3 Å². The monoisotopic (exact) mass is 415 g/mol. The number of nitriles is 2. The van der Waals surface area contributed by atoms with Crippen molar-refractivity contribution in [1.82, 2.24) is 9.88 Å². The minimum absolute atomic E-state index is 0.0255. The molecule has 0 atom stereocenters. The van der Waals surface area contributed by atoms with Crippen molar-refractivity contribution in [2.75, 3.05) is 25.4 Å². The third kappa shape index (κ3) is 4.47. The van der Waals surface area contributed by atoms with E-state index in [-0.39, 0.29) is 35.3 Å². The molecule has 2 heterocycles. The maximum Gasteiger partial charge on any atom is 0.391 e. The van der Waals surface area contributed by atoms with Gasteiger partial charge in [0.25, 0.3) is 5.56 Å². The minimum atomic E-state index is -4.13. The number of hydrogen-bond acceptors (Lipinski definition) is 5. The highest BCUT2D eigenvalue weighted by Crippen LogP contribution is 2.34. The molecule has 0 bridgehead atoms. The van der Waals surface area contributed by atoms with Gasteiger partial charge < -0.3 is 15.6 Å². The summed E-state index contributed by atoms with van der Waals surface area (Å²) in [7, 11) is 0. The van der Waals surface area contributed by atoms with Crippen LogP contribution in [0.2, 0.25) is 0 Å². The number of H-pyrrole nitrogens is 1. The van der Waals surface area contributed by atoms with Gasteiger partial charge in [-0.2, -0.15) is 23.7 Å². The third-order valence-corrected chi connectivity index (χ3v) is 5.45. The Labute approximate surface area is 171 Å². The second-order valence-corrected chi connectivity index (χ2v) is 7.32. The Hall–Kier alpha value is -3.30. The lowest BCUT2D eigenvalue weighted by Crippen LogP contribution is -2.39. The summed E-state index contributed by atoms with van der Waals surface area (Å²) in [4.78, 5) is 16.4. The van der Waals surface area contributed by atoms with E-state index >= 15 is 0 Å². The number of alkyl halides is 3. The average molecular weight is 415 g/mol. The highest BCUT2D eigenvalue weighted by Gasteiger charge is 2.40. The average Bonchev–Trinajstić information content (AvgIpc) is 2.71. The van der Waals surface area contributed by atoms with E-state index in [1.54, 1.807) is 18.2 Å². The molecule has 0 amide bonds. The van der Waals surface area contributed by atoms with Crippen LogP contribution in [-0.4, -0.2) is 35.7 Å². The number of likely N-dealkylation sites (tertiary alicyclic amines) is 1. The van der Waals surface area contributed by atoms with E-state index in [0.29, 0.717) is 31.6 Å². The van der Waals surface area contributed by atoms with E-state index in [2.05, 4.69) is 4.98 Å². The van der Waals surface area contributed by atoms with Crippen LogP contribution in [-0.2, 0) is 6.42 Å².